The molecular weight excluding hydrogens is 261 g/mol. The molecule has 2 aromatic heterocycles. The van der Waals surface area contributed by atoms with Gasteiger partial charge in [-0.3, -0.25) is 9.36 Å². The number of ether oxygens (including phenoxy) is 1. The van der Waals surface area contributed by atoms with E-state index in [1.54, 1.807) is 13.2 Å². The van der Waals surface area contributed by atoms with Crippen molar-refractivity contribution in [3.63, 3.8) is 0 Å². The second-order valence-electron chi connectivity index (χ2n) is 4.63. The van der Waals surface area contributed by atoms with E-state index >= 15 is 0 Å². The lowest BCUT2D eigenvalue weighted by atomic mass is 10.2. The molecule has 3 rings (SSSR count). The summed E-state index contributed by atoms with van der Waals surface area (Å²) in [6, 6.07) is 4.35. The molecule has 1 N–H and O–H groups in total. The maximum atomic E-state index is 13.3. The van der Waals surface area contributed by atoms with E-state index in [1.807, 2.05) is 0 Å². The number of methoxy groups -OCH3 is 1. The molecule has 20 heavy (non-hydrogen) atoms. The van der Waals surface area contributed by atoms with E-state index in [1.165, 1.54) is 23.0 Å². The van der Waals surface area contributed by atoms with Gasteiger partial charge in [0.2, 0.25) is 0 Å². The molecule has 104 valence electrons. The van der Waals surface area contributed by atoms with Crippen molar-refractivity contribution in [2.45, 2.75) is 13.0 Å². The zero-order valence-electron chi connectivity index (χ0n) is 11.0. The van der Waals surface area contributed by atoms with Gasteiger partial charge in [0.15, 0.2) is 0 Å². The van der Waals surface area contributed by atoms with Crippen LogP contribution in [0.2, 0.25) is 0 Å². The van der Waals surface area contributed by atoms with Crippen molar-refractivity contribution >= 4 is 21.9 Å². The normalized spacial score (nSPS) is 11.5. The summed E-state index contributed by atoms with van der Waals surface area (Å²) in [5.74, 6) is -0.343. The Balaban J connectivity index is 2.13. The van der Waals surface area contributed by atoms with Crippen LogP contribution in [0.1, 0.15) is 6.42 Å². The Bertz CT molecular complexity index is 822. The van der Waals surface area contributed by atoms with Crippen molar-refractivity contribution in [2.75, 3.05) is 13.7 Å². The summed E-state index contributed by atoms with van der Waals surface area (Å²) in [6.45, 7) is 1.13. The van der Waals surface area contributed by atoms with Gasteiger partial charge >= 0.3 is 0 Å². The lowest BCUT2D eigenvalue weighted by molar-refractivity contribution is 0.190. The third kappa shape index (κ3) is 2.08. The van der Waals surface area contributed by atoms with E-state index in [4.69, 9.17) is 4.74 Å². The van der Waals surface area contributed by atoms with Gasteiger partial charge in [-0.05, 0) is 24.6 Å². The summed E-state index contributed by atoms with van der Waals surface area (Å²) >= 11 is 0. The molecule has 0 saturated carbocycles. The second-order valence-corrected chi connectivity index (χ2v) is 4.63. The minimum absolute atomic E-state index is 0.150. The summed E-state index contributed by atoms with van der Waals surface area (Å²) in [5.41, 5.74) is 1.47. The van der Waals surface area contributed by atoms with Crippen LogP contribution in [-0.2, 0) is 11.3 Å². The number of halogens is 1. The molecule has 0 unspecified atom stereocenters. The Morgan fingerprint density at radius 2 is 2.30 bits per heavy atom. The van der Waals surface area contributed by atoms with Crippen molar-refractivity contribution in [1.82, 2.24) is 14.5 Å². The topological polar surface area (TPSA) is 59.9 Å². The van der Waals surface area contributed by atoms with Crippen LogP contribution in [0, 0.1) is 5.82 Å². The van der Waals surface area contributed by atoms with E-state index in [-0.39, 0.29) is 11.4 Å². The van der Waals surface area contributed by atoms with E-state index in [0.29, 0.717) is 35.1 Å². The smallest absolute Gasteiger partial charge is 0.277 e. The quantitative estimate of drug-likeness (QED) is 0.741. The highest BCUT2D eigenvalue weighted by Crippen LogP contribution is 2.21. The number of hydrogen-bond donors (Lipinski definition) is 1. The maximum Gasteiger partial charge on any atom is 0.277 e. The molecule has 1 aromatic carbocycles. The molecule has 0 amide bonds. The third-order valence-corrected chi connectivity index (χ3v) is 3.28. The van der Waals surface area contributed by atoms with Gasteiger partial charge in [-0.1, -0.05) is 0 Å². The number of aryl methyl sites for hydroxylation is 1. The average Bonchev–Trinajstić information content (AvgIpc) is 2.80. The molecule has 0 spiro atoms. The molecule has 6 heteroatoms. The van der Waals surface area contributed by atoms with Gasteiger partial charge in [-0.2, -0.15) is 0 Å². The van der Waals surface area contributed by atoms with E-state index in [9.17, 15) is 9.18 Å². The van der Waals surface area contributed by atoms with Crippen LogP contribution in [-0.4, -0.2) is 28.3 Å². The SMILES string of the molecule is COCCCn1cnc2c([nH]c3ccc(F)cc32)c1=O. The highest BCUT2D eigenvalue weighted by Gasteiger charge is 2.11. The Hall–Kier alpha value is -2.21. The van der Waals surface area contributed by atoms with Gasteiger partial charge in [0.1, 0.15) is 16.9 Å². The Kier molecular flexibility index (Phi) is 3.23. The van der Waals surface area contributed by atoms with Gasteiger partial charge in [0.05, 0.1) is 6.33 Å². The Morgan fingerprint density at radius 3 is 3.10 bits per heavy atom. The Labute approximate surface area is 114 Å². The summed E-state index contributed by atoms with van der Waals surface area (Å²) in [7, 11) is 1.62. The van der Waals surface area contributed by atoms with Gasteiger partial charge in [0, 0.05) is 31.2 Å². The van der Waals surface area contributed by atoms with Crippen molar-refractivity contribution in [2.24, 2.45) is 0 Å². The second kappa shape index (κ2) is 5.05. The molecule has 2 heterocycles. The molecule has 0 aliphatic carbocycles. The molecule has 0 atom stereocenters. The summed E-state index contributed by atoms with van der Waals surface area (Å²) in [4.78, 5) is 19.6. The number of benzene rings is 1. The number of nitrogens with one attached hydrogen (secondary N) is 1. The molecule has 3 aromatic rings. The highest BCUT2D eigenvalue weighted by atomic mass is 19.1. The number of aromatic amines is 1. The number of fused-ring (bicyclic) bond motifs is 3. The lowest BCUT2D eigenvalue weighted by Crippen LogP contribution is -2.21. The van der Waals surface area contributed by atoms with Gasteiger partial charge in [-0.15, -0.1) is 0 Å². The molecule has 0 aliphatic rings. The number of aromatic nitrogens is 3. The summed E-state index contributed by atoms with van der Waals surface area (Å²) in [6.07, 6.45) is 2.23. The number of H-pyrrole nitrogens is 1. The monoisotopic (exact) mass is 275 g/mol. The highest BCUT2D eigenvalue weighted by molar-refractivity contribution is 6.04. The molecule has 0 aliphatic heterocycles. The first-order chi connectivity index (χ1) is 9.70. The van der Waals surface area contributed by atoms with Crippen LogP contribution in [0.4, 0.5) is 4.39 Å². The summed E-state index contributed by atoms with van der Waals surface area (Å²) in [5, 5.41) is 0.626. The molecule has 0 saturated heterocycles. The van der Waals surface area contributed by atoms with Crippen LogP contribution < -0.4 is 5.56 Å². The van der Waals surface area contributed by atoms with Gasteiger partial charge in [0.25, 0.3) is 5.56 Å². The lowest BCUT2D eigenvalue weighted by Gasteiger charge is -2.04. The largest absolute Gasteiger partial charge is 0.385 e. The van der Waals surface area contributed by atoms with Crippen molar-refractivity contribution in [1.29, 1.82) is 0 Å². The first-order valence-electron chi connectivity index (χ1n) is 6.36. The predicted molar refractivity (Wildman–Crippen MR) is 74.3 cm³/mol. The van der Waals surface area contributed by atoms with Crippen molar-refractivity contribution < 1.29 is 9.13 Å². The zero-order chi connectivity index (χ0) is 14.1. The minimum Gasteiger partial charge on any atom is -0.385 e. The van der Waals surface area contributed by atoms with E-state index in [2.05, 4.69) is 9.97 Å². The predicted octanol–water partition coefficient (Wildman–Crippen LogP) is 2.05. The molecule has 0 radical (unpaired) electrons. The molecule has 0 bridgehead atoms. The summed E-state index contributed by atoms with van der Waals surface area (Å²) < 4.78 is 19.8. The Morgan fingerprint density at radius 1 is 1.45 bits per heavy atom. The average molecular weight is 275 g/mol. The molecular formula is C14H14FN3O2. The third-order valence-electron chi connectivity index (χ3n) is 3.28. The van der Waals surface area contributed by atoms with Crippen LogP contribution >= 0.6 is 0 Å². The van der Waals surface area contributed by atoms with E-state index < -0.39 is 0 Å². The standard InChI is InChI=1S/C14H14FN3O2/c1-20-6-2-5-18-8-16-12-10-7-9(15)3-4-11(10)17-13(12)14(18)19/h3-4,7-8,17H,2,5-6H2,1H3. The van der Waals surface area contributed by atoms with Crippen LogP contribution in [0.3, 0.4) is 0 Å². The van der Waals surface area contributed by atoms with Crippen LogP contribution in [0.5, 0.6) is 0 Å². The van der Waals surface area contributed by atoms with Gasteiger partial charge < -0.3 is 9.72 Å². The molecule has 0 fully saturated rings. The first-order valence-corrected chi connectivity index (χ1v) is 6.36. The first kappa shape index (κ1) is 12.8. The fourth-order valence-corrected chi connectivity index (χ4v) is 2.30. The van der Waals surface area contributed by atoms with Gasteiger partial charge in [-0.25, -0.2) is 9.37 Å². The minimum atomic E-state index is -0.343. The fourth-order valence-electron chi connectivity index (χ4n) is 2.30. The van der Waals surface area contributed by atoms with Crippen LogP contribution in [0.15, 0.2) is 29.3 Å². The number of rotatable bonds is 4. The zero-order valence-corrected chi connectivity index (χ0v) is 11.0. The number of hydrogen-bond acceptors (Lipinski definition) is 3. The number of nitrogens with zero attached hydrogens (tertiary/aromatic N) is 2. The maximum absolute atomic E-state index is 13.3. The van der Waals surface area contributed by atoms with Crippen molar-refractivity contribution in [3.05, 3.63) is 40.7 Å². The van der Waals surface area contributed by atoms with Crippen molar-refractivity contribution in [3.8, 4) is 0 Å². The fraction of sp³-hybridized carbons (Fsp3) is 0.286. The van der Waals surface area contributed by atoms with E-state index in [0.717, 1.165) is 6.42 Å². The van der Waals surface area contributed by atoms with Crippen LogP contribution in [0.25, 0.3) is 21.9 Å². The molecule has 5 nitrogen and oxygen atoms in total.